The Morgan fingerprint density at radius 2 is 2.05 bits per heavy atom. The third-order valence-corrected chi connectivity index (χ3v) is 3.33. The van der Waals surface area contributed by atoms with Gasteiger partial charge in [-0.25, -0.2) is 4.79 Å². The molecule has 0 aromatic heterocycles. The quantitative estimate of drug-likeness (QED) is 0.807. The van der Waals surface area contributed by atoms with Gasteiger partial charge in [0.05, 0.1) is 16.7 Å². The van der Waals surface area contributed by atoms with Gasteiger partial charge in [0.15, 0.2) is 6.04 Å². The molecule has 1 rings (SSSR count). The number of halogens is 2. The number of ether oxygens (including phenoxy) is 1. The normalized spacial score (nSPS) is 11.9. The molecule has 1 aromatic carbocycles. The Bertz CT molecular complexity index is 493. The lowest BCUT2D eigenvalue weighted by Crippen LogP contribution is -2.43. The molecule has 5 nitrogen and oxygen atoms in total. The van der Waals surface area contributed by atoms with Crippen LogP contribution in [0.2, 0.25) is 10.0 Å². The fourth-order valence-electron chi connectivity index (χ4n) is 1.56. The summed E-state index contributed by atoms with van der Waals surface area (Å²) in [6, 6.07) is 4.07. The Balaban J connectivity index is 2.50. The first-order valence-electron chi connectivity index (χ1n) is 5.89. The molecule has 0 aliphatic carbocycles. The molecule has 0 spiro atoms. The summed E-state index contributed by atoms with van der Waals surface area (Å²) < 4.78 is 4.73. The summed E-state index contributed by atoms with van der Waals surface area (Å²) in [5, 5.41) is 12.1. The third-order valence-electron chi connectivity index (χ3n) is 2.59. The van der Waals surface area contributed by atoms with Crippen molar-refractivity contribution in [3.63, 3.8) is 0 Å². The van der Waals surface area contributed by atoms with E-state index in [-0.39, 0.29) is 18.9 Å². The number of aryl methyl sites for hydroxylation is 1. The molecule has 0 aliphatic rings. The van der Waals surface area contributed by atoms with E-state index >= 15 is 0 Å². The first kappa shape index (κ1) is 16.8. The first-order valence-corrected chi connectivity index (χ1v) is 6.64. The SMILES string of the molecule is COCC(NC(=O)CCc1ccc(Cl)c(Cl)c1)C(=O)O. The number of hydrogen-bond donors (Lipinski definition) is 2. The molecule has 1 amide bonds. The Hall–Kier alpha value is -1.30. The van der Waals surface area contributed by atoms with E-state index in [9.17, 15) is 9.59 Å². The van der Waals surface area contributed by atoms with Gasteiger partial charge in [0.25, 0.3) is 0 Å². The summed E-state index contributed by atoms with van der Waals surface area (Å²) in [5.41, 5.74) is 0.855. The predicted octanol–water partition coefficient (Wildman–Crippen LogP) is 2.14. The molecule has 7 heteroatoms. The maximum Gasteiger partial charge on any atom is 0.328 e. The van der Waals surface area contributed by atoms with Crippen LogP contribution >= 0.6 is 23.2 Å². The maximum absolute atomic E-state index is 11.7. The van der Waals surface area contributed by atoms with Crippen LogP contribution in [0.4, 0.5) is 0 Å². The molecule has 0 aliphatic heterocycles. The summed E-state index contributed by atoms with van der Waals surface area (Å²) in [5.74, 6) is -1.49. The molecule has 0 radical (unpaired) electrons. The minimum atomic E-state index is -1.13. The highest BCUT2D eigenvalue weighted by molar-refractivity contribution is 6.42. The molecule has 0 saturated heterocycles. The zero-order valence-corrected chi connectivity index (χ0v) is 12.4. The minimum Gasteiger partial charge on any atom is -0.480 e. The number of carbonyl (C=O) groups excluding carboxylic acids is 1. The number of amides is 1. The van der Waals surface area contributed by atoms with Crippen molar-refractivity contribution < 1.29 is 19.4 Å². The number of carbonyl (C=O) groups is 2. The van der Waals surface area contributed by atoms with Gasteiger partial charge in [0.2, 0.25) is 5.91 Å². The number of methoxy groups -OCH3 is 1. The molecule has 1 aromatic rings. The number of benzene rings is 1. The van der Waals surface area contributed by atoms with Gasteiger partial charge in [0.1, 0.15) is 0 Å². The molecule has 0 heterocycles. The van der Waals surface area contributed by atoms with Crippen molar-refractivity contribution in [2.45, 2.75) is 18.9 Å². The fraction of sp³-hybridized carbons (Fsp3) is 0.385. The van der Waals surface area contributed by atoms with E-state index in [1.807, 2.05) is 0 Å². The lowest BCUT2D eigenvalue weighted by Gasteiger charge is -2.13. The van der Waals surface area contributed by atoms with Gasteiger partial charge >= 0.3 is 5.97 Å². The van der Waals surface area contributed by atoms with E-state index in [0.29, 0.717) is 16.5 Å². The zero-order chi connectivity index (χ0) is 15.1. The molecule has 0 fully saturated rings. The average molecular weight is 320 g/mol. The Labute approximate surface area is 126 Å². The monoisotopic (exact) mass is 319 g/mol. The largest absolute Gasteiger partial charge is 0.480 e. The minimum absolute atomic E-state index is 0.0755. The van der Waals surface area contributed by atoms with E-state index in [1.54, 1.807) is 18.2 Å². The van der Waals surface area contributed by atoms with Gasteiger partial charge < -0.3 is 15.2 Å². The summed E-state index contributed by atoms with van der Waals surface area (Å²) in [7, 11) is 1.37. The lowest BCUT2D eigenvalue weighted by atomic mass is 10.1. The maximum atomic E-state index is 11.7. The van der Waals surface area contributed by atoms with E-state index in [1.165, 1.54) is 7.11 Å². The fourth-order valence-corrected chi connectivity index (χ4v) is 1.88. The van der Waals surface area contributed by atoms with Crippen LogP contribution in [0.1, 0.15) is 12.0 Å². The Morgan fingerprint density at radius 1 is 1.35 bits per heavy atom. The Kier molecular flexibility index (Phi) is 6.78. The highest BCUT2D eigenvalue weighted by atomic mass is 35.5. The van der Waals surface area contributed by atoms with Crippen molar-refractivity contribution >= 4 is 35.1 Å². The van der Waals surface area contributed by atoms with E-state index in [2.05, 4.69) is 5.32 Å². The second kappa shape index (κ2) is 8.09. The summed E-state index contributed by atoms with van der Waals surface area (Å²) >= 11 is 11.7. The topological polar surface area (TPSA) is 75.6 Å². The van der Waals surface area contributed by atoms with Crippen LogP contribution in [0, 0.1) is 0 Å². The second-order valence-corrected chi connectivity index (χ2v) is 4.98. The molecule has 0 bridgehead atoms. The highest BCUT2D eigenvalue weighted by Gasteiger charge is 2.19. The van der Waals surface area contributed by atoms with Crippen LogP contribution in [0.25, 0.3) is 0 Å². The average Bonchev–Trinajstić information content (AvgIpc) is 2.39. The molecular weight excluding hydrogens is 305 g/mol. The number of nitrogens with one attached hydrogen (secondary N) is 1. The molecule has 20 heavy (non-hydrogen) atoms. The van der Waals surface area contributed by atoms with E-state index < -0.39 is 12.0 Å². The summed E-state index contributed by atoms with van der Waals surface area (Å²) in [6.07, 6.45) is 0.605. The van der Waals surface area contributed by atoms with Gasteiger partial charge in [-0.3, -0.25) is 4.79 Å². The number of hydrogen-bond acceptors (Lipinski definition) is 3. The van der Waals surface area contributed by atoms with E-state index in [0.717, 1.165) is 5.56 Å². The number of aliphatic carboxylic acids is 1. The Morgan fingerprint density at radius 3 is 2.60 bits per heavy atom. The summed E-state index contributed by atoms with van der Waals surface area (Å²) in [6.45, 7) is -0.0755. The van der Waals surface area contributed by atoms with Crippen LogP contribution in [0.15, 0.2) is 18.2 Å². The van der Waals surface area contributed by atoms with Crippen molar-refractivity contribution in [1.82, 2.24) is 5.32 Å². The van der Waals surface area contributed by atoms with Crippen LogP contribution in [0.5, 0.6) is 0 Å². The molecular formula is C13H15Cl2NO4. The molecule has 1 atom stereocenters. The number of rotatable bonds is 7. The van der Waals surface area contributed by atoms with Gasteiger partial charge in [-0.05, 0) is 24.1 Å². The number of carboxylic acids is 1. The van der Waals surface area contributed by atoms with Crippen LogP contribution in [-0.4, -0.2) is 36.7 Å². The second-order valence-electron chi connectivity index (χ2n) is 4.16. The van der Waals surface area contributed by atoms with Gasteiger partial charge in [0, 0.05) is 13.5 Å². The van der Waals surface area contributed by atoms with Crippen molar-refractivity contribution in [1.29, 1.82) is 0 Å². The standard InChI is InChI=1S/C13H15Cl2NO4/c1-20-7-11(13(18)19)16-12(17)5-3-8-2-4-9(14)10(15)6-8/h2,4,6,11H,3,5,7H2,1H3,(H,16,17)(H,18,19). The van der Waals surface area contributed by atoms with Gasteiger partial charge in [-0.2, -0.15) is 0 Å². The molecule has 0 saturated carbocycles. The highest BCUT2D eigenvalue weighted by Crippen LogP contribution is 2.23. The van der Waals surface area contributed by atoms with Crippen molar-refractivity contribution in [3.05, 3.63) is 33.8 Å². The summed E-state index contributed by atoms with van der Waals surface area (Å²) in [4.78, 5) is 22.5. The van der Waals surface area contributed by atoms with Crippen molar-refractivity contribution in [3.8, 4) is 0 Å². The molecule has 2 N–H and O–H groups in total. The number of carboxylic acid groups (broad SMARTS) is 1. The van der Waals surface area contributed by atoms with Gasteiger partial charge in [-0.15, -0.1) is 0 Å². The van der Waals surface area contributed by atoms with E-state index in [4.69, 9.17) is 33.0 Å². The predicted molar refractivity (Wildman–Crippen MR) is 76.2 cm³/mol. The smallest absolute Gasteiger partial charge is 0.328 e. The van der Waals surface area contributed by atoms with Crippen molar-refractivity contribution in [2.24, 2.45) is 0 Å². The lowest BCUT2D eigenvalue weighted by molar-refractivity contribution is -0.143. The van der Waals surface area contributed by atoms with Crippen LogP contribution in [0.3, 0.4) is 0 Å². The third kappa shape index (κ3) is 5.36. The first-order chi connectivity index (χ1) is 9.43. The van der Waals surface area contributed by atoms with Crippen LogP contribution in [-0.2, 0) is 20.7 Å². The van der Waals surface area contributed by atoms with Gasteiger partial charge in [-0.1, -0.05) is 29.3 Å². The molecule has 110 valence electrons. The van der Waals surface area contributed by atoms with Crippen LogP contribution < -0.4 is 5.32 Å². The molecule has 1 unspecified atom stereocenters. The zero-order valence-electron chi connectivity index (χ0n) is 10.9. The van der Waals surface area contributed by atoms with Crippen molar-refractivity contribution in [2.75, 3.05) is 13.7 Å².